The van der Waals surface area contributed by atoms with Crippen LogP contribution >= 0.6 is 0 Å². The largest absolute Gasteiger partial charge is 0.507 e. The van der Waals surface area contributed by atoms with Gasteiger partial charge in [0.25, 0.3) is 0 Å². The van der Waals surface area contributed by atoms with Crippen LogP contribution in [-0.4, -0.2) is 28.5 Å². The summed E-state index contributed by atoms with van der Waals surface area (Å²) in [4.78, 5) is 0. The maximum absolute atomic E-state index is 10.8. The SMILES string of the molecule is CCC1CC(C(C)(C)CCC(C)(C)C(C)(C)CC(O)C(C)(C)C)OC(c2cc(C#N)ccc2O)O1. The quantitative estimate of drug-likeness (QED) is 0.377. The highest BCUT2D eigenvalue weighted by Crippen LogP contribution is 2.50. The molecule has 0 radical (unpaired) electrons. The average molecular weight is 488 g/mol. The summed E-state index contributed by atoms with van der Waals surface area (Å²) in [6.07, 6.45) is 3.30. The molecule has 35 heavy (non-hydrogen) atoms. The normalized spacial score (nSPS) is 23.1. The summed E-state index contributed by atoms with van der Waals surface area (Å²) in [5.74, 6) is 0.0857. The molecule has 1 heterocycles. The van der Waals surface area contributed by atoms with Crippen molar-refractivity contribution in [2.24, 2.45) is 21.7 Å². The van der Waals surface area contributed by atoms with Gasteiger partial charge in [-0.1, -0.05) is 69.2 Å². The van der Waals surface area contributed by atoms with Crippen molar-refractivity contribution in [1.29, 1.82) is 5.26 Å². The summed E-state index contributed by atoms with van der Waals surface area (Å²) in [5.41, 5.74) is 0.714. The van der Waals surface area contributed by atoms with Gasteiger partial charge in [-0.2, -0.15) is 5.26 Å². The number of nitrogens with zero attached hydrogens (tertiary/aromatic N) is 1. The van der Waals surface area contributed by atoms with Gasteiger partial charge in [-0.05, 0) is 65.5 Å². The van der Waals surface area contributed by atoms with Crippen LogP contribution in [0.25, 0.3) is 0 Å². The van der Waals surface area contributed by atoms with E-state index in [0.717, 1.165) is 32.1 Å². The lowest BCUT2D eigenvalue weighted by atomic mass is 9.60. The molecule has 4 atom stereocenters. The molecule has 5 nitrogen and oxygen atoms in total. The molecule has 1 aliphatic rings. The Hall–Kier alpha value is -1.61. The predicted molar refractivity (Wildman–Crippen MR) is 141 cm³/mol. The number of hydrogen-bond acceptors (Lipinski definition) is 5. The number of benzene rings is 1. The molecule has 2 N–H and O–H groups in total. The van der Waals surface area contributed by atoms with E-state index in [0.29, 0.717) is 11.1 Å². The third-order valence-electron chi connectivity index (χ3n) is 8.75. The molecule has 4 unspecified atom stereocenters. The maximum Gasteiger partial charge on any atom is 0.188 e. The zero-order valence-electron chi connectivity index (χ0n) is 23.7. The Morgan fingerprint density at radius 1 is 1.00 bits per heavy atom. The molecular weight excluding hydrogens is 438 g/mol. The Balaban J connectivity index is 2.19. The van der Waals surface area contributed by atoms with Crippen LogP contribution < -0.4 is 0 Å². The topological polar surface area (TPSA) is 82.7 Å². The summed E-state index contributed by atoms with van der Waals surface area (Å²) in [6.45, 7) is 22.1. The average Bonchev–Trinajstić information content (AvgIpc) is 2.76. The lowest BCUT2D eigenvalue weighted by Crippen LogP contribution is -2.44. The van der Waals surface area contributed by atoms with Crippen molar-refractivity contribution in [2.45, 2.75) is 126 Å². The second kappa shape index (κ2) is 10.8. The van der Waals surface area contributed by atoms with Crippen molar-refractivity contribution in [1.82, 2.24) is 0 Å². The van der Waals surface area contributed by atoms with E-state index < -0.39 is 6.29 Å². The Kier molecular flexibility index (Phi) is 9.13. The molecule has 1 saturated heterocycles. The molecule has 2 rings (SSSR count). The van der Waals surface area contributed by atoms with Crippen molar-refractivity contribution >= 4 is 0 Å². The smallest absolute Gasteiger partial charge is 0.188 e. The fourth-order valence-corrected chi connectivity index (χ4v) is 4.63. The fourth-order valence-electron chi connectivity index (χ4n) is 4.63. The van der Waals surface area contributed by atoms with Gasteiger partial charge in [-0.25, -0.2) is 0 Å². The Labute approximate surface area is 213 Å². The number of hydrogen-bond donors (Lipinski definition) is 2. The van der Waals surface area contributed by atoms with E-state index in [1.54, 1.807) is 12.1 Å². The van der Waals surface area contributed by atoms with Gasteiger partial charge in [0.2, 0.25) is 0 Å². The van der Waals surface area contributed by atoms with Gasteiger partial charge in [0, 0.05) is 6.42 Å². The highest BCUT2D eigenvalue weighted by molar-refractivity contribution is 5.42. The Morgan fingerprint density at radius 2 is 1.63 bits per heavy atom. The maximum atomic E-state index is 10.8. The first kappa shape index (κ1) is 29.6. The molecule has 0 spiro atoms. The number of aliphatic hydroxyl groups excluding tert-OH is 1. The van der Waals surface area contributed by atoms with E-state index >= 15 is 0 Å². The van der Waals surface area contributed by atoms with Crippen LogP contribution in [0, 0.1) is 33.0 Å². The summed E-state index contributed by atoms with van der Waals surface area (Å²) < 4.78 is 12.7. The first-order valence-electron chi connectivity index (χ1n) is 13.2. The fraction of sp³-hybridized carbons (Fsp3) is 0.767. The van der Waals surface area contributed by atoms with Crippen molar-refractivity contribution in [2.75, 3.05) is 0 Å². The molecular formula is C30H49NO4. The highest BCUT2D eigenvalue weighted by atomic mass is 16.7. The minimum atomic E-state index is -0.697. The van der Waals surface area contributed by atoms with Crippen LogP contribution in [0.5, 0.6) is 5.75 Å². The first-order chi connectivity index (χ1) is 15.9. The lowest BCUT2D eigenvalue weighted by Gasteiger charge is -2.48. The van der Waals surface area contributed by atoms with Crippen LogP contribution in [0.15, 0.2) is 18.2 Å². The molecule has 0 aliphatic carbocycles. The molecule has 0 aromatic heterocycles. The van der Waals surface area contributed by atoms with Gasteiger partial charge in [-0.15, -0.1) is 0 Å². The van der Waals surface area contributed by atoms with Crippen molar-refractivity contribution in [3.8, 4) is 11.8 Å². The summed E-state index contributed by atoms with van der Waals surface area (Å²) in [6, 6.07) is 6.93. The number of nitriles is 1. The Morgan fingerprint density at radius 3 is 2.17 bits per heavy atom. The highest BCUT2D eigenvalue weighted by Gasteiger charge is 2.44. The number of ether oxygens (including phenoxy) is 2. The van der Waals surface area contributed by atoms with E-state index in [1.807, 2.05) is 0 Å². The molecule has 198 valence electrons. The van der Waals surface area contributed by atoms with E-state index in [1.165, 1.54) is 6.07 Å². The number of aliphatic hydroxyl groups is 1. The van der Waals surface area contributed by atoms with Crippen LogP contribution in [0.1, 0.15) is 119 Å². The van der Waals surface area contributed by atoms with E-state index in [4.69, 9.17) is 9.47 Å². The minimum absolute atomic E-state index is 0.0185. The summed E-state index contributed by atoms with van der Waals surface area (Å²) >= 11 is 0. The zero-order valence-corrected chi connectivity index (χ0v) is 23.7. The number of rotatable bonds is 9. The van der Waals surface area contributed by atoms with Gasteiger partial charge >= 0.3 is 0 Å². The van der Waals surface area contributed by atoms with E-state index in [9.17, 15) is 15.5 Å². The molecule has 0 amide bonds. The first-order valence-corrected chi connectivity index (χ1v) is 13.2. The van der Waals surface area contributed by atoms with Crippen LogP contribution in [0.4, 0.5) is 0 Å². The third kappa shape index (κ3) is 7.21. The second-order valence-electron chi connectivity index (χ2n) is 13.6. The second-order valence-corrected chi connectivity index (χ2v) is 13.6. The minimum Gasteiger partial charge on any atom is -0.507 e. The summed E-state index contributed by atoms with van der Waals surface area (Å²) in [7, 11) is 0. The van der Waals surface area contributed by atoms with Gasteiger partial charge in [0.1, 0.15) is 5.75 Å². The van der Waals surface area contributed by atoms with Crippen molar-refractivity contribution in [3.63, 3.8) is 0 Å². The molecule has 1 aromatic rings. The molecule has 1 aromatic carbocycles. The van der Waals surface area contributed by atoms with Gasteiger partial charge in [0.05, 0.1) is 35.5 Å². The number of aromatic hydroxyl groups is 1. The van der Waals surface area contributed by atoms with E-state index in [2.05, 4.69) is 75.3 Å². The summed E-state index contributed by atoms with van der Waals surface area (Å²) in [5, 5.41) is 30.6. The Bertz CT molecular complexity index is 891. The number of phenols is 1. The standard InChI is InChI=1S/C30H49NO4/c1-11-21-17-25(35-26(34-21)22-16-20(19-31)12-13-23(22)32)28(5,6)14-15-29(7,8)30(9,10)18-24(33)27(2,3)4/h12-13,16,21,24-26,32-33H,11,14-15,17-18H2,1-10H3. The third-order valence-corrected chi connectivity index (χ3v) is 8.75. The van der Waals surface area contributed by atoms with Crippen molar-refractivity contribution in [3.05, 3.63) is 29.3 Å². The number of phenolic OH excluding ortho intramolecular Hbond substituents is 1. The molecule has 1 aliphatic heterocycles. The van der Waals surface area contributed by atoms with Gasteiger partial charge in [-0.3, -0.25) is 0 Å². The zero-order chi connectivity index (χ0) is 26.8. The van der Waals surface area contributed by atoms with E-state index in [-0.39, 0.29) is 45.7 Å². The monoisotopic (exact) mass is 487 g/mol. The van der Waals surface area contributed by atoms with Crippen molar-refractivity contribution < 1.29 is 19.7 Å². The van der Waals surface area contributed by atoms with Crippen LogP contribution in [0.3, 0.4) is 0 Å². The van der Waals surface area contributed by atoms with Gasteiger partial charge < -0.3 is 19.7 Å². The molecule has 0 bridgehead atoms. The lowest BCUT2D eigenvalue weighted by molar-refractivity contribution is -0.270. The van der Waals surface area contributed by atoms with Crippen LogP contribution in [0.2, 0.25) is 0 Å². The molecule has 5 heteroatoms. The van der Waals surface area contributed by atoms with Gasteiger partial charge in [0.15, 0.2) is 6.29 Å². The van der Waals surface area contributed by atoms with Crippen LogP contribution in [-0.2, 0) is 9.47 Å². The molecule has 0 saturated carbocycles. The predicted octanol–water partition coefficient (Wildman–Crippen LogP) is 7.50. The molecule has 1 fully saturated rings.